The highest BCUT2D eigenvalue weighted by atomic mass is 15.2. The van der Waals surface area contributed by atoms with Gasteiger partial charge in [0, 0.05) is 18.1 Å². The molecule has 1 heteroatoms. The van der Waals surface area contributed by atoms with Crippen LogP contribution in [0, 0.1) is 0 Å². The molecule has 0 aromatic carbocycles. The Balaban J connectivity index is 2.54. The molecule has 1 fully saturated rings. The van der Waals surface area contributed by atoms with E-state index in [1.54, 1.807) is 0 Å². The fraction of sp³-hybridized carbons (Fsp3) is 1.00. The van der Waals surface area contributed by atoms with E-state index in [1.165, 1.54) is 12.8 Å². The van der Waals surface area contributed by atoms with Crippen molar-refractivity contribution in [3.8, 4) is 0 Å². The Kier molecular flexibility index (Phi) is 2.35. The molecule has 2 atom stereocenters. The van der Waals surface area contributed by atoms with Crippen LogP contribution in [0.25, 0.3) is 0 Å². The Morgan fingerprint density at radius 1 is 1.10 bits per heavy atom. The maximum Gasteiger partial charge on any atom is 0.00730 e. The molecule has 10 heavy (non-hydrogen) atoms. The van der Waals surface area contributed by atoms with Crippen LogP contribution in [0.3, 0.4) is 0 Å². The molecule has 0 radical (unpaired) electrons. The molecule has 1 aliphatic rings. The first-order chi connectivity index (χ1) is 4.63. The van der Waals surface area contributed by atoms with Crippen LogP contribution in [-0.2, 0) is 0 Å². The summed E-state index contributed by atoms with van der Waals surface area (Å²) < 4.78 is 0. The van der Waals surface area contributed by atoms with Crippen molar-refractivity contribution in [1.29, 1.82) is 0 Å². The third kappa shape index (κ3) is 1.34. The molecule has 1 aliphatic heterocycles. The summed E-state index contributed by atoms with van der Waals surface area (Å²) >= 11 is 0. The third-order valence-electron chi connectivity index (χ3n) is 2.62. The van der Waals surface area contributed by atoms with Crippen molar-refractivity contribution < 1.29 is 0 Å². The van der Waals surface area contributed by atoms with Crippen molar-refractivity contribution in [1.82, 2.24) is 4.90 Å². The highest BCUT2D eigenvalue weighted by molar-refractivity contribution is 4.84. The fourth-order valence-electron chi connectivity index (χ4n) is 2.23. The summed E-state index contributed by atoms with van der Waals surface area (Å²) in [6, 6.07) is 2.36. The second-order valence-electron chi connectivity index (χ2n) is 3.82. The van der Waals surface area contributed by atoms with E-state index < -0.39 is 0 Å². The van der Waals surface area contributed by atoms with Crippen molar-refractivity contribution >= 4 is 0 Å². The average Bonchev–Trinajstić information content (AvgIpc) is 2.11. The lowest BCUT2D eigenvalue weighted by Gasteiger charge is -2.29. The smallest absolute Gasteiger partial charge is 0.00730 e. The largest absolute Gasteiger partial charge is 0.296 e. The van der Waals surface area contributed by atoms with Gasteiger partial charge < -0.3 is 0 Å². The Labute approximate surface area is 64.4 Å². The number of likely N-dealkylation sites (tertiary alicyclic amines) is 1. The highest BCUT2D eigenvalue weighted by Gasteiger charge is 2.28. The van der Waals surface area contributed by atoms with E-state index in [9.17, 15) is 0 Å². The van der Waals surface area contributed by atoms with E-state index in [-0.39, 0.29) is 0 Å². The van der Waals surface area contributed by atoms with E-state index >= 15 is 0 Å². The summed E-state index contributed by atoms with van der Waals surface area (Å²) in [4.78, 5) is 2.61. The van der Waals surface area contributed by atoms with E-state index in [1.807, 2.05) is 0 Å². The van der Waals surface area contributed by atoms with Crippen LogP contribution >= 0.6 is 0 Å². The normalized spacial score (nSPS) is 35.7. The predicted octanol–water partition coefficient (Wildman–Crippen LogP) is 2.27. The van der Waals surface area contributed by atoms with Crippen molar-refractivity contribution in [2.24, 2.45) is 0 Å². The lowest BCUT2D eigenvalue weighted by atomic mass is 10.2. The second kappa shape index (κ2) is 2.91. The van der Waals surface area contributed by atoms with Crippen LogP contribution in [-0.4, -0.2) is 23.0 Å². The molecule has 0 aliphatic carbocycles. The monoisotopic (exact) mass is 141 g/mol. The summed E-state index contributed by atoms with van der Waals surface area (Å²) in [6.45, 7) is 9.25. The average molecular weight is 141 g/mol. The quantitative estimate of drug-likeness (QED) is 0.541. The zero-order valence-corrected chi connectivity index (χ0v) is 7.59. The number of nitrogens with zero attached hydrogens (tertiary/aromatic N) is 1. The first-order valence-corrected chi connectivity index (χ1v) is 4.40. The number of hydrogen-bond acceptors (Lipinski definition) is 1. The van der Waals surface area contributed by atoms with E-state index in [4.69, 9.17) is 0 Å². The minimum absolute atomic E-state index is 0.729. The van der Waals surface area contributed by atoms with Crippen LogP contribution in [0.1, 0.15) is 40.5 Å². The van der Waals surface area contributed by atoms with Crippen LogP contribution < -0.4 is 0 Å². The molecular weight excluding hydrogens is 122 g/mol. The molecule has 1 heterocycles. The molecule has 1 saturated heterocycles. The summed E-state index contributed by atoms with van der Waals surface area (Å²) in [6.07, 6.45) is 2.78. The third-order valence-corrected chi connectivity index (χ3v) is 2.62. The van der Waals surface area contributed by atoms with Gasteiger partial charge in [0.25, 0.3) is 0 Å². The molecule has 1 nitrogen and oxygen atoms in total. The van der Waals surface area contributed by atoms with Gasteiger partial charge in [-0.3, -0.25) is 4.90 Å². The maximum absolute atomic E-state index is 2.61. The van der Waals surface area contributed by atoms with Crippen molar-refractivity contribution in [2.75, 3.05) is 0 Å². The van der Waals surface area contributed by atoms with Crippen molar-refractivity contribution in [3.63, 3.8) is 0 Å². The summed E-state index contributed by atoms with van der Waals surface area (Å²) in [7, 11) is 0. The summed E-state index contributed by atoms with van der Waals surface area (Å²) in [5.74, 6) is 0. The Morgan fingerprint density at radius 3 is 1.70 bits per heavy atom. The minimum atomic E-state index is 0.729. The van der Waals surface area contributed by atoms with Gasteiger partial charge in [-0.2, -0.15) is 0 Å². The van der Waals surface area contributed by atoms with E-state index in [2.05, 4.69) is 32.6 Å². The SMILES string of the molecule is CC(C)N1[C@@H](C)CC[C@@H]1C. The van der Waals surface area contributed by atoms with Gasteiger partial charge in [-0.1, -0.05) is 0 Å². The fourth-order valence-corrected chi connectivity index (χ4v) is 2.23. The van der Waals surface area contributed by atoms with Gasteiger partial charge in [-0.05, 0) is 40.5 Å². The molecule has 0 aromatic rings. The van der Waals surface area contributed by atoms with Gasteiger partial charge >= 0.3 is 0 Å². The lowest BCUT2D eigenvalue weighted by Crippen LogP contribution is -2.38. The zero-order valence-electron chi connectivity index (χ0n) is 7.59. The minimum Gasteiger partial charge on any atom is -0.296 e. The topological polar surface area (TPSA) is 3.24 Å². The van der Waals surface area contributed by atoms with Crippen LogP contribution in [0.4, 0.5) is 0 Å². The molecule has 0 unspecified atom stereocenters. The van der Waals surface area contributed by atoms with Crippen LogP contribution in [0.2, 0.25) is 0 Å². The molecule has 0 amide bonds. The summed E-state index contributed by atoms with van der Waals surface area (Å²) in [5.41, 5.74) is 0. The summed E-state index contributed by atoms with van der Waals surface area (Å²) in [5, 5.41) is 0. The Hall–Kier alpha value is -0.0400. The molecule has 60 valence electrons. The highest BCUT2D eigenvalue weighted by Crippen LogP contribution is 2.25. The van der Waals surface area contributed by atoms with Crippen molar-refractivity contribution in [3.05, 3.63) is 0 Å². The van der Waals surface area contributed by atoms with Gasteiger partial charge in [0.15, 0.2) is 0 Å². The maximum atomic E-state index is 2.61. The predicted molar refractivity (Wildman–Crippen MR) is 45.1 cm³/mol. The van der Waals surface area contributed by atoms with E-state index in [0.29, 0.717) is 0 Å². The van der Waals surface area contributed by atoms with Gasteiger partial charge in [-0.25, -0.2) is 0 Å². The first kappa shape index (κ1) is 8.06. The molecule has 1 rings (SSSR count). The molecule has 0 aromatic heterocycles. The number of rotatable bonds is 1. The molecule has 0 spiro atoms. The first-order valence-electron chi connectivity index (χ1n) is 4.40. The van der Waals surface area contributed by atoms with Crippen LogP contribution in [0.5, 0.6) is 0 Å². The standard InChI is InChI=1S/C9H19N/c1-7(2)10-8(3)5-6-9(10)4/h7-9H,5-6H2,1-4H3/t8-,9-/m0/s1. The van der Waals surface area contributed by atoms with Gasteiger partial charge in [0.1, 0.15) is 0 Å². The second-order valence-corrected chi connectivity index (χ2v) is 3.82. The van der Waals surface area contributed by atoms with Crippen LogP contribution in [0.15, 0.2) is 0 Å². The molecule has 0 bridgehead atoms. The van der Waals surface area contributed by atoms with Gasteiger partial charge in [0.2, 0.25) is 0 Å². The van der Waals surface area contributed by atoms with E-state index in [0.717, 1.165) is 18.1 Å². The van der Waals surface area contributed by atoms with Gasteiger partial charge in [-0.15, -0.1) is 0 Å². The Morgan fingerprint density at radius 2 is 1.50 bits per heavy atom. The number of hydrogen-bond donors (Lipinski definition) is 0. The molecule has 0 saturated carbocycles. The lowest BCUT2D eigenvalue weighted by molar-refractivity contribution is 0.167. The van der Waals surface area contributed by atoms with Crippen molar-refractivity contribution in [2.45, 2.75) is 58.7 Å². The van der Waals surface area contributed by atoms with Gasteiger partial charge in [0.05, 0.1) is 0 Å². The molecule has 0 N–H and O–H groups in total. The Bertz CT molecular complexity index is 99.3. The molecular formula is C9H19N. The zero-order chi connectivity index (χ0) is 7.72.